The second-order valence-corrected chi connectivity index (χ2v) is 7.97. The van der Waals surface area contributed by atoms with Gasteiger partial charge in [0, 0.05) is 29.2 Å². The van der Waals surface area contributed by atoms with Gasteiger partial charge in [-0.25, -0.2) is 0 Å². The van der Waals surface area contributed by atoms with Crippen LogP contribution in [0.3, 0.4) is 0 Å². The molecule has 0 bridgehead atoms. The van der Waals surface area contributed by atoms with Gasteiger partial charge in [-0.1, -0.05) is 25.1 Å². The number of hydrogen-bond acceptors (Lipinski definition) is 4. The minimum Gasteiger partial charge on any atom is -0.386 e. The summed E-state index contributed by atoms with van der Waals surface area (Å²) in [5.74, 6) is 1.47. The van der Waals surface area contributed by atoms with Crippen molar-refractivity contribution in [3.63, 3.8) is 0 Å². The summed E-state index contributed by atoms with van der Waals surface area (Å²) in [4.78, 5) is 8.06. The summed E-state index contributed by atoms with van der Waals surface area (Å²) >= 11 is 1.64. The van der Waals surface area contributed by atoms with Crippen molar-refractivity contribution in [3.05, 3.63) is 35.2 Å². The molecule has 1 saturated heterocycles. The average Bonchev–Trinajstić information content (AvgIpc) is 3.30. The molecule has 1 aliphatic rings. The molecule has 5 nitrogen and oxygen atoms in total. The van der Waals surface area contributed by atoms with Crippen LogP contribution in [0.5, 0.6) is 0 Å². The van der Waals surface area contributed by atoms with E-state index in [2.05, 4.69) is 52.6 Å². The number of thiophene rings is 1. The van der Waals surface area contributed by atoms with E-state index in [4.69, 9.17) is 0 Å². The van der Waals surface area contributed by atoms with E-state index < -0.39 is 6.10 Å². The Morgan fingerprint density at radius 2 is 2.19 bits per heavy atom. The van der Waals surface area contributed by atoms with Crippen molar-refractivity contribution in [1.82, 2.24) is 15.5 Å². The van der Waals surface area contributed by atoms with Crippen molar-refractivity contribution in [3.8, 4) is 0 Å². The molecule has 2 atom stereocenters. The standard InChI is InChI=1S/C20H30N4OS/c1-3-21-20(22-12-15-9-10-24(4-2)14-15)23-13-17(25)19-11-16-7-5-6-8-18(16)26-19/h5-8,11,15,17,25H,3-4,9-10,12-14H2,1-2H3,(H2,21,22,23). The zero-order valence-electron chi connectivity index (χ0n) is 15.7. The van der Waals surface area contributed by atoms with Crippen LogP contribution in [0.1, 0.15) is 31.2 Å². The number of likely N-dealkylation sites (tertiary alicyclic amines) is 1. The average molecular weight is 375 g/mol. The third-order valence-electron chi connectivity index (χ3n) is 4.91. The molecule has 0 amide bonds. The zero-order valence-corrected chi connectivity index (χ0v) is 16.6. The third kappa shape index (κ3) is 4.96. The molecule has 142 valence electrons. The molecule has 2 unspecified atom stereocenters. The number of guanidine groups is 1. The Hall–Kier alpha value is -1.63. The first-order chi connectivity index (χ1) is 12.7. The number of fused-ring (bicyclic) bond motifs is 1. The minimum atomic E-state index is -0.565. The van der Waals surface area contributed by atoms with Crippen LogP contribution >= 0.6 is 11.3 Å². The number of nitrogens with one attached hydrogen (secondary N) is 2. The summed E-state index contributed by atoms with van der Waals surface area (Å²) in [7, 11) is 0. The lowest BCUT2D eigenvalue weighted by molar-refractivity contribution is 0.191. The Morgan fingerprint density at radius 1 is 1.35 bits per heavy atom. The summed E-state index contributed by atoms with van der Waals surface area (Å²) in [5, 5.41) is 18.4. The van der Waals surface area contributed by atoms with E-state index in [1.807, 2.05) is 12.1 Å². The van der Waals surface area contributed by atoms with Gasteiger partial charge in [0.15, 0.2) is 5.96 Å². The molecule has 0 radical (unpaired) electrons. The molecule has 0 aliphatic carbocycles. The number of hydrogen-bond donors (Lipinski definition) is 3. The fraction of sp³-hybridized carbons (Fsp3) is 0.550. The molecule has 26 heavy (non-hydrogen) atoms. The molecule has 3 N–H and O–H groups in total. The monoisotopic (exact) mass is 374 g/mol. The fourth-order valence-electron chi connectivity index (χ4n) is 3.38. The van der Waals surface area contributed by atoms with Gasteiger partial charge in [0.25, 0.3) is 0 Å². The van der Waals surface area contributed by atoms with Crippen molar-refractivity contribution in [2.45, 2.75) is 26.4 Å². The van der Waals surface area contributed by atoms with Crippen molar-refractivity contribution in [1.29, 1.82) is 0 Å². The Kier molecular flexibility index (Phi) is 6.88. The second kappa shape index (κ2) is 9.35. The molecular weight excluding hydrogens is 344 g/mol. The highest BCUT2D eigenvalue weighted by atomic mass is 32.1. The molecule has 1 aromatic heterocycles. The van der Waals surface area contributed by atoms with E-state index in [1.54, 1.807) is 11.3 Å². The summed E-state index contributed by atoms with van der Waals surface area (Å²) in [6, 6.07) is 10.3. The molecule has 6 heteroatoms. The molecule has 3 rings (SSSR count). The van der Waals surface area contributed by atoms with E-state index in [1.165, 1.54) is 23.1 Å². The first-order valence-electron chi connectivity index (χ1n) is 9.60. The van der Waals surface area contributed by atoms with Gasteiger partial charge in [0.05, 0.1) is 6.54 Å². The molecule has 1 aromatic carbocycles. The molecule has 0 saturated carbocycles. The SMILES string of the molecule is CCNC(=NCC(O)c1cc2ccccc2s1)NCC1CCN(CC)C1. The number of aliphatic hydroxyl groups is 1. The van der Waals surface area contributed by atoms with E-state index in [0.29, 0.717) is 12.5 Å². The first-order valence-corrected chi connectivity index (χ1v) is 10.4. The smallest absolute Gasteiger partial charge is 0.191 e. The number of aliphatic hydroxyl groups excluding tert-OH is 1. The highest BCUT2D eigenvalue weighted by Crippen LogP contribution is 2.29. The Bertz CT molecular complexity index is 696. The van der Waals surface area contributed by atoms with Gasteiger partial charge in [-0.2, -0.15) is 0 Å². The van der Waals surface area contributed by atoms with Crippen LogP contribution in [0.15, 0.2) is 35.3 Å². The van der Waals surface area contributed by atoms with Gasteiger partial charge in [-0.05, 0) is 49.9 Å². The van der Waals surface area contributed by atoms with Gasteiger partial charge in [0.2, 0.25) is 0 Å². The largest absolute Gasteiger partial charge is 0.386 e. The fourth-order valence-corrected chi connectivity index (χ4v) is 4.43. The van der Waals surface area contributed by atoms with Gasteiger partial charge in [-0.15, -0.1) is 11.3 Å². The van der Waals surface area contributed by atoms with E-state index in [-0.39, 0.29) is 0 Å². The second-order valence-electron chi connectivity index (χ2n) is 6.85. The van der Waals surface area contributed by atoms with Gasteiger partial charge >= 0.3 is 0 Å². The van der Waals surface area contributed by atoms with Crippen molar-refractivity contribution >= 4 is 27.4 Å². The van der Waals surface area contributed by atoms with Crippen molar-refractivity contribution in [2.75, 3.05) is 39.3 Å². The van der Waals surface area contributed by atoms with Crippen LogP contribution in [0, 0.1) is 5.92 Å². The van der Waals surface area contributed by atoms with Crippen LogP contribution in [-0.2, 0) is 0 Å². The van der Waals surface area contributed by atoms with Crippen LogP contribution in [0.2, 0.25) is 0 Å². The Labute approximate surface area is 160 Å². The summed E-state index contributed by atoms with van der Waals surface area (Å²) in [6.45, 7) is 9.89. The normalized spacial score (nSPS) is 19.8. The molecule has 0 spiro atoms. The van der Waals surface area contributed by atoms with Crippen LogP contribution in [0.4, 0.5) is 0 Å². The minimum absolute atomic E-state index is 0.369. The maximum Gasteiger partial charge on any atom is 0.191 e. The lowest BCUT2D eigenvalue weighted by atomic mass is 10.1. The van der Waals surface area contributed by atoms with E-state index in [0.717, 1.165) is 37.0 Å². The van der Waals surface area contributed by atoms with Gasteiger partial charge in [-0.3, -0.25) is 4.99 Å². The van der Waals surface area contributed by atoms with E-state index in [9.17, 15) is 5.11 Å². The van der Waals surface area contributed by atoms with Crippen LogP contribution in [0.25, 0.3) is 10.1 Å². The topological polar surface area (TPSA) is 59.9 Å². The number of nitrogens with zero attached hydrogens (tertiary/aromatic N) is 2. The molecule has 2 aromatic rings. The maximum absolute atomic E-state index is 10.5. The molecule has 2 heterocycles. The quantitative estimate of drug-likeness (QED) is 0.515. The highest BCUT2D eigenvalue weighted by Gasteiger charge is 2.21. The predicted molar refractivity (Wildman–Crippen MR) is 111 cm³/mol. The summed E-state index contributed by atoms with van der Waals surface area (Å²) in [6.07, 6.45) is 0.676. The number of rotatable bonds is 7. The van der Waals surface area contributed by atoms with E-state index >= 15 is 0 Å². The lowest BCUT2D eigenvalue weighted by Crippen LogP contribution is -2.40. The molecule has 1 aliphatic heterocycles. The molecular formula is C20H30N4OS. The highest BCUT2D eigenvalue weighted by molar-refractivity contribution is 7.19. The third-order valence-corrected chi connectivity index (χ3v) is 6.13. The van der Waals surface area contributed by atoms with Crippen molar-refractivity contribution < 1.29 is 5.11 Å². The number of benzene rings is 1. The number of aliphatic imine (C=N–C) groups is 1. The maximum atomic E-state index is 10.5. The zero-order chi connectivity index (χ0) is 18.4. The van der Waals surface area contributed by atoms with Crippen molar-refractivity contribution in [2.24, 2.45) is 10.9 Å². The predicted octanol–water partition coefficient (Wildman–Crippen LogP) is 2.83. The van der Waals surface area contributed by atoms with Crippen LogP contribution in [-0.4, -0.2) is 55.2 Å². The Morgan fingerprint density at radius 3 is 2.92 bits per heavy atom. The lowest BCUT2D eigenvalue weighted by Gasteiger charge is -2.16. The van der Waals surface area contributed by atoms with Gasteiger partial charge in [0.1, 0.15) is 6.10 Å². The summed E-state index contributed by atoms with van der Waals surface area (Å²) in [5.41, 5.74) is 0. The summed E-state index contributed by atoms with van der Waals surface area (Å²) < 4.78 is 1.21. The van der Waals surface area contributed by atoms with Crippen LogP contribution < -0.4 is 10.6 Å². The van der Waals surface area contributed by atoms with Gasteiger partial charge < -0.3 is 20.6 Å². The Balaban J connectivity index is 1.55. The first kappa shape index (κ1) is 19.1. The molecule has 1 fully saturated rings.